The summed E-state index contributed by atoms with van der Waals surface area (Å²) in [5, 5.41) is 7.38. The highest BCUT2D eigenvalue weighted by Gasteiger charge is 2.20. The van der Waals surface area contributed by atoms with Gasteiger partial charge in [0.1, 0.15) is 39.7 Å². The molecule has 0 amide bonds. The number of nitrogens with zero attached hydrogens (tertiary/aromatic N) is 4. The maximum Gasteiger partial charge on any atom is 0.344 e. The molecule has 14 nitrogen and oxygen atoms in total. The summed E-state index contributed by atoms with van der Waals surface area (Å²) in [6.07, 6.45) is 0. The van der Waals surface area contributed by atoms with Gasteiger partial charge in [-0.05, 0) is 130 Å². The minimum Gasteiger partial charge on any atom is -0.496 e. The van der Waals surface area contributed by atoms with Crippen LogP contribution in [0.25, 0.3) is 133 Å². The number of aromatic nitrogens is 3. The van der Waals surface area contributed by atoms with Crippen molar-refractivity contribution in [3.63, 3.8) is 0 Å². The highest BCUT2D eigenvalue weighted by atomic mass is 16.5. The fraction of sp³-hybridized carbons (Fsp3) is 0.118. The van der Waals surface area contributed by atoms with Crippen LogP contribution in [0.1, 0.15) is 13.8 Å². The predicted octanol–water partition coefficient (Wildman–Crippen LogP) is 14.5. The van der Waals surface area contributed by atoms with E-state index in [0.717, 1.165) is 56.5 Å². The van der Waals surface area contributed by atoms with Crippen LogP contribution < -0.4 is 40.7 Å². The summed E-state index contributed by atoms with van der Waals surface area (Å²) in [7, 11) is 6.19. The van der Waals surface area contributed by atoms with Gasteiger partial charge in [0, 0.05) is 71.2 Å². The van der Waals surface area contributed by atoms with E-state index < -0.39 is 16.9 Å². The second-order valence-electron chi connectivity index (χ2n) is 19.9. The van der Waals surface area contributed by atoms with E-state index in [4.69, 9.17) is 47.2 Å². The molecule has 402 valence electrons. The number of rotatable bonds is 13. The Morgan fingerprint density at radius 2 is 0.707 bits per heavy atom. The van der Waals surface area contributed by atoms with E-state index in [1.165, 1.54) is 14.2 Å². The van der Waals surface area contributed by atoms with E-state index in [1.807, 2.05) is 127 Å². The molecular formula is C68H50N4O10. The molecule has 0 saturated heterocycles. The van der Waals surface area contributed by atoms with Crippen molar-refractivity contribution in [3.05, 3.63) is 201 Å². The summed E-state index contributed by atoms with van der Waals surface area (Å²) >= 11 is 0. The largest absolute Gasteiger partial charge is 0.496 e. The SMILES string of the molecule is CCN(CC)c1ccc2cc(-c3ccc4ccc(-c5nc(-c6ccc7ccc(-c8cc9c(OC)cc(OC)cc9oc8=O)cc7c6)nc(-c6ccc7ccc(-c8cc9c(OC)cc(OC)cc9oc8=O)cc7c6)n5)cc4c3)c(=O)oc2c1. The summed E-state index contributed by atoms with van der Waals surface area (Å²) in [5.74, 6) is 3.22. The van der Waals surface area contributed by atoms with Crippen LogP contribution >= 0.6 is 0 Å². The number of hydrogen-bond acceptors (Lipinski definition) is 14. The topological polar surface area (TPSA) is 169 Å². The number of fused-ring (bicyclic) bond motifs is 6. The van der Waals surface area contributed by atoms with Gasteiger partial charge in [-0.2, -0.15) is 0 Å². The van der Waals surface area contributed by atoms with Gasteiger partial charge in [-0.15, -0.1) is 0 Å². The predicted molar refractivity (Wildman–Crippen MR) is 323 cm³/mol. The third kappa shape index (κ3) is 9.15. The van der Waals surface area contributed by atoms with Crippen LogP contribution in [0.15, 0.2) is 197 Å². The van der Waals surface area contributed by atoms with Gasteiger partial charge in [0.05, 0.1) is 55.9 Å². The molecule has 0 bridgehead atoms. The molecule has 0 saturated carbocycles. The monoisotopic (exact) mass is 1080 g/mol. The zero-order valence-corrected chi connectivity index (χ0v) is 45.5. The Bertz CT molecular complexity index is 4740. The fourth-order valence-corrected chi connectivity index (χ4v) is 10.8. The maximum absolute atomic E-state index is 13.7. The lowest BCUT2D eigenvalue weighted by Crippen LogP contribution is -2.21. The lowest BCUT2D eigenvalue weighted by Gasteiger charge is -2.21. The van der Waals surface area contributed by atoms with Crippen molar-refractivity contribution in [2.75, 3.05) is 46.4 Å². The van der Waals surface area contributed by atoms with E-state index in [2.05, 4.69) is 24.8 Å². The van der Waals surface area contributed by atoms with Gasteiger partial charge >= 0.3 is 16.9 Å². The molecule has 0 fully saturated rings. The summed E-state index contributed by atoms with van der Waals surface area (Å²) in [6.45, 7) is 5.86. The first-order chi connectivity index (χ1) is 40.0. The molecular weight excluding hydrogens is 1030 g/mol. The minimum absolute atomic E-state index is 0.343. The Hall–Kier alpha value is -10.6. The van der Waals surface area contributed by atoms with Crippen molar-refractivity contribution in [3.8, 4) is 90.5 Å². The number of ether oxygens (including phenoxy) is 4. The van der Waals surface area contributed by atoms with Crippen LogP contribution in [0.3, 0.4) is 0 Å². The molecule has 9 aromatic carbocycles. The van der Waals surface area contributed by atoms with Crippen molar-refractivity contribution in [1.29, 1.82) is 0 Å². The molecule has 4 heterocycles. The molecule has 0 atom stereocenters. The molecule has 0 unspecified atom stereocenters. The molecule has 13 aromatic rings. The second-order valence-corrected chi connectivity index (χ2v) is 19.9. The Balaban J connectivity index is 0.936. The van der Waals surface area contributed by atoms with E-state index in [9.17, 15) is 14.4 Å². The summed E-state index contributed by atoms with van der Waals surface area (Å²) < 4.78 is 39.8. The second kappa shape index (κ2) is 20.6. The minimum atomic E-state index is -0.512. The molecule has 82 heavy (non-hydrogen) atoms. The third-order valence-electron chi connectivity index (χ3n) is 15.2. The van der Waals surface area contributed by atoms with Crippen LogP contribution in [0.5, 0.6) is 23.0 Å². The average molecular weight is 1080 g/mol. The Morgan fingerprint density at radius 3 is 1.09 bits per heavy atom. The summed E-state index contributed by atoms with van der Waals surface area (Å²) in [6, 6.07) is 53.6. The van der Waals surface area contributed by atoms with E-state index in [0.29, 0.717) is 118 Å². The van der Waals surface area contributed by atoms with E-state index in [1.54, 1.807) is 50.6 Å². The van der Waals surface area contributed by atoms with Crippen LogP contribution in [-0.4, -0.2) is 56.5 Å². The molecule has 0 spiro atoms. The molecule has 0 aliphatic rings. The molecule has 4 aromatic heterocycles. The first-order valence-corrected chi connectivity index (χ1v) is 26.6. The van der Waals surface area contributed by atoms with Crippen molar-refractivity contribution in [2.24, 2.45) is 0 Å². The lowest BCUT2D eigenvalue weighted by molar-refractivity contribution is 0.395. The summed E-state index contributed by atoms with van der Waals surface area (Å²) in [4.78, 5) is 58.7. The van der Waals surface area contributed by atoms with Gasteiger partial charge in [0.15, 0.2) is 17.5 Å². The number of methoxy groups -OCH3 is 4. The van der Waals surface area contributed by atoms with E-state index >= 15 is 0 Å². The van der Waals surface area contributed by atoms with Crippen LogP contribution in [0.2, 0.25) is 0 Å². The Kier molecular flexibility index (Phi) is 12.8. The van der Waals surface area contributed by atoms with Gasteiger partial charge in [0.25, 0.3) is 0 Å². The third-order valence-corrected chi connectivity index (χ3v) is 15.2. The first-order valence-electron chi connectivity index (χ1n) is 26.6. The zero-order chi connectivity index (χ0) is 56.3. The molecule has 0 aliphatic heterocycles. The highest BCUT2D eigenvalue weighted by Crippen LogP contribution is 2.38. The van der Waals surface area contributed by atoms with Gasteiger partial charge in [-0.25, -0.2) is 29.3 Å². The van der Waals surface area contributed by atoms with Gasteiger partial charge in [0.2, 0.25) is 0 Å². The van der Waals surface area contributed by atoms with E-state index in [-0.39, 0.29) is 0 Å². The van der Waals surface area contributed by atoms with Crippen molar-refractivity contribution >= 4 is 70.9 Å². The van der Waals surface area contributed by atoms with Gasteiger partial charge < -0.3 is 37.1 Å². The highest BCUT2D eigenvalue weighted by molar-refractivity contribution is 5.96. The van der Waals surface area contributed by atoms with Gasteiger partial charge in [-0.1, -0.05) is 72.8 Å². The average Bonchev–Trinajstić information content (AvgIpc) is 3.65. The molecule has 0 N–H and O–H groups in total. The smallest absolute Gasteiger partial charge is 0.344 e. The normalized spacial score (nSPS) is 11.5. The molecule has 0 radical (unpaired) electrons. The van der Waals surface area contributed by atoms with Gasteiger partial charge in [-0.3, -0.25) is 0 Å². The summed E-state index contributed by atoms with van der Waals surface area (Å²) in [5.41, 5.74) is 6.03. The Labute approximate surface area is 468 Å². The molecule has 13 rings (SSSR count). The fourth-order valence-electron chi connectivity index (χ4n) is 10.8. The number of hydrogen-bond donors (Lipinski definition) is 0. The zero-order valence-electron chi connectivity index (χ0n) is 45.5. The first kappa shape index (κ1) is 50.9. The van der Waals surface area contributed by atoms with Crippen molar-refractivity contribution in [2.45, 2.75) is 13.8 Å². The van der Waals surface area contributed by atoms with Crippen molar-refractivity contribution < 1.29 is 32.2 Å². The standard InChI is InChI=1S/C68H50N4O10/c1-7-72(8-2)50-22-21-43-29-53(66(73)80-58(43)30-50)40-15-9-37-12-18-44(26-47(37)23-40)63-69-64(45-19-13-38-10-16-41(24-48(38)27-45)54-35-56-59(78-5)31-51(76-3)33-61(56)81-67(54)74)71-65(70-63)46-20-14-39-11-17-42(25-49(39)28-46)55-36-57-60(79-6)32-52(77-4)34-62(57)82-68(55)75/h9-36H,7-8H2,1-6H3. The quantitative estimate of drug-likeness (QED) is 0.0999. The Morgan fingerprint density at radius 1 is 0.354 bits per heavy atom. The van der Waals surface area contributed by atoms with Crippen LogP contribution in [0.4, 0.5) is 5.69 Å². The molecule has 0 aliphatic carbocycles. The van der Waals surface area contributed by atoms with Crippen molar-refractivity contribution in [1.82, 2.24) is 15.0 Å². The van der Waals surface area contributed by atoms with Crippen LogP contribution in [0, 0.1) is 0 Å². The van der Waals surface area contributed by atoms with Crippen LogP contribution in [-0.2, 0) is 0 Å². The number of benzene rings is 9. The maximum atomic E-state index is 13.7. The molecule has 14 heteroatoms. The number of anilines is 1. The lowest BCUT2D eigenvalue weighted by atomic mass is 9.99.